The normalized spacial score (nSPS) is 22.7. The van der Waals surface area contributed by atoms with Gasteiger partial charge >= 0.3 is 0 Å². The van der Waals surface area contributed by atoms with E-state index in [1.54, 1.807) is 12.3 Å². The highest BCUT2D eigenvalue weighted by Gasteiger charge is 2.28. The SMILES string of the molecule is I.O=S1(=O)CCC(CNC(=NCc2ccc(Cl)cn2)NC2CC2)C1. The Bertz CT molecular complexity index is 677. The number of halogens is 2. The van der Waals surface area contributed by atoms with Crippen LogP contribution in [-0.2, 0) is 16.4 Å². The van der Waals surface area contributed by atoms with E-state index in [4.69, 9.17) is 11.6 Å². The minimum absolute atomic E-state index is 0. The molecule has 0 bridgehead atoms. The summed E-state index contributed by atoms with van der Waals surface area (Å²) >= 11 is 5.82. The molecule has 1 aromatic heterocycles. The van der Waals surface area contributed by atoms with Gasteiger partial charge in [0.05, 0.1) is 28.8 Å². The molecule has 1 aromatic rings. The molecule has 0 aromatic carbocycles. The van der Waals surface area contributed by atoms with Crippen molar-refractivity contribution >= 4 is 51.4 Å². The molecule has 1 aliphatic carbocycles. The molecule has 2 fully saturated rings. The number of hydrogen-bond acceptors (Lipinski definition) is 4. The second kappa shape index (κ2) is 8.66. The van der Waals surface area contributed by atoms with Crippen molar-refractivity contribution in [1.82, 2.24) is 15.6 Å². The van der Waals surface area contributed by atoms with Crippen LogP contribution in [0.2, 0.25) is 5.02 Å². The van der Waals surface area contributed by atoms with E-state index in [9.17, 15) is 8.42 Å². The van der Waals surface area contributed by atoms with Gasteiger partial charge in [0, 0.05) is 18.8 Å². The van der Waals surface area contributed by atoms with Crippen molar-refractivity contribution in [2.45, 2.75) is 31.8 Å². The van der Waals surface area contributed by atoms with Gasteiger partial charge in [0.2, 0.25) is 0 Å². The lowest BCUT2D eigenvalue weighted by molar-refractivity contribution is 0.566. The third-order valence-corrected chi connectivity index (χ3v) is 6.05. The van der Waals surface area contributed by atoms with Gasteiger partial charge in [-0.05, 0) is 37.3 Å². The van der Waals surface area contributed by atoms with Crippen LogP contribution in [0.15, 0.2) is 23.3 Å². The maximum absolute atomic E-state index is 11.5. The Kier molecular flexibility index (Phi) is 7.11. The third kappa shape index (κ3) is 6.36. The van der Waals surface area contributed by atoms with Crippen LogP contribution in [0.4, 0.5) is 0 Å². The highest BCUT2D eigenvalue weighted by Crippen LogP contribution is 2.19. The number of pyridine rings is 1. The van der Waals surface area contributed by atoms with Gasteiger partial charge in [-0.15, -0.1) is 24.0 Å². The lowest BCUT2D eigenvalue weighted by Gasteiger charge is -2.14. The molecule has 2 heterocycles. The molecule has 134 valence electrons. The Hall–Kier alpha value is -0.610. The van der Waals surface area contributed by atoms with E-state index < -0.39 is 9.84 Å². The van der Waals surface area contributed by atoms with Crippen molar-refractivity contribution < 1.29 is 8.42 Å². The Balaban J connectivity index is 0.00000208. The van der Waals surface area contributed by atoms with Gasteiger partial charge in [-0.25, -0.2) is 13.4 Å². The standard InChI is InChI=1S/C15H21ClN4O2S.HI/c16-12-1-2-14(17-8-12)9-19-15(20-13-3-4-13)18-7-11-5-6-23(21,22)10-11;/h1-2,8,11,13H,3-7,9-10H2,(H2,18,19,20);1H. The first-order valence-corrected chi connectivity index (χ1v) is 10.1. The number of hydrogen-bond donors (Lipinski definition) is 2. The van der Waals surface area contributed by atoms with Crippen LogP contribution in [0.25, 0.3) is 0 Å². The first kappa shape index (κ1) is 19.7. The molecule has 1 atom stereocenters. The zero-order chi connectivity index (χ0) is 16.3. The molecule has 1 aliphatic heterocycles. The van der Waals surface area contributed by atoms with Gasteiger partial charge in [0.1, 0.15) is 0 Å². The molecule has 24 heavy (non-hydrogen) atoms. The second-order valence-corrected chi connectivity index (χ2v) is 8.87. The van der Waals surface area contributed by atoms with Crippen LogP contribution in [0.5, 0.6) is 0 Å². The number of rotatable bonds is 5. The van der Waals surface area contributed by atoms with Gasteiger partial charge in [0.15, 0.2) is 15.8 Å². The Morgan fingerprint density at radius 3 is 2.71 bits per heavy atom. The predicted octanol–water partition coefficient (Wildman–Crippen LogP) is 1.99. The van der Waals surface area contributed by atoms with Gasteiger partial charge < -0.3 is 10.6 Å². The smallest absolute Gasteiger partial charge is 0.191 e. The van der Waals surface area contributed by atoms with E-state index in [1.165, 1.54) is 0 Å². The zero-order valence-corrected chi connectivity index (χ0v) is 17.1. The molecule has 6 nitrogen and oxygen atoms in total. The summed E-state index contributed by atoms with van der Waals surface area (Å²) in [7, 11) is -2.84. The average Bonchev–Trinajstić information content (AvgIpc) is 3.26. The topological polar surface area (TPSA) is 83.5 Å². The average molecular weight is 485 g/mol. The fourth-order valence-corrected chi connectivity index (χ4v) is 4.48. The van der Waals surface area contributed by atoms with E-state index in [1.807, 2.05) is 6.07 Å². The van der Waals surface area contributed by atoms with Crippen molar-refractivity contribution in [3.05, 3.63) is 29.0 Å². The van der Waals surface area contributed by atoms with Gasteiger partial charge in [-0.1, -0.05) is 11.6 Å². The van der Waals surface area contributed by atoms with Crippen molar-refractivity contribution in [3.8, 4) is 0 Å². The summed E-state index contributed by atoms with van der Waals surface area (Å²) in [5.74, 6) is 1.47. The molecule has 3 rings (SSSR count). The molecule has 2 N–H and O–H groups in total. The summed E-state index contributed by atoms with van der Waals surface area (Å²) in [5.41, 5.74) is 0.842. The van der Waals surface area contributed by atoms with E-state index >= 15 is 0 Å². The first-order chi connectivity index (χ1) is 11.0. The van der Waals surface area contributed by atoms with E-state index in [2.05, 4.69) is 20.6 Å². The maximum Gasteiger partial charge on any atom is 0.191 e. The second-order valence-electron chi connectivity index (χ2n) is 6.20. The van der Waals surface area contributed by atoms with Crippen LogP contribution >= 0.6 is 35.6 Å². The molecule has 0 radical (unpaired) electrons. The Labute approximate surface area is 164 Å². The summed E-state index contributed by atoms with van der Waals surface area (Å²) in [6.45, 7) is 1.09. The van der Waals surface area contributed by atoms with Crippen LogP contribution in [0.3, 0.4) is 0 Å². The first-order valence-electron chi connectivity index (χ1n) is 7.86. The molecular formula is C15H22ClIN4O2S. The summed E-state index contributed by atoms with van der Waals surface area (Å²) in [4.78, 5) is 8.77. The molecule has 1 saturated heterocycles. The number of nitrogens with zero attached hydrogens (tertiary/aromatic N) is 2. The monoisotopic (exact) mass is 484 g/mol. The number of aliphatic imine (C=N–C) groups is 1. The molecule has 2 aliphatic rings. The number of guanidine groups is 1. The highest BCUT2D eigenvalue weighted by molar-refractivity contribution is 14.0. The number of sulfone groups is 1. The van der Waals surface area contributed by atoms with Crippen LogP contribution in [-0.4, -0.2) is 43.5 Å². The molecule has 0 spiro atoms. The largest absolute Gasteiger partial charge is 0.356 e. The molecule has 0 amide bonds. The fraction of sp³-hybridized carbons (Fsp3) is 0.600. The van der Waals surface area contributed by atoms with Crippen molar-refractivity contribution in [3.63, 3.8) is 0 Å². The predicted molar refractivity (Wildman–Crippen MR) is 107 cm³/mol. The lowest BCUT2D eigenvalue weighted by atomic mass is 10.1. The van der Waals surface area contributed by atoms with Crippen molar-refractivity contribution in [2.24, 2.45) is 10.9 Å². The number of nitrogens with one attached hydrogen (secondary N) is 2. The van der Waals surface area contributed by atoms with E-state index in [0.29, 0.717) is 29.9 Å². The van der Waals surface area contributed by atoms with Gasteiger partial charge in [-0.3, -0.25) is 4.98 Å². The van der Waals surface area contributed by atoms with Crippen molar-refractivity contribution in [1.29, 1.82) is 0 Å². The Morgan fingerprint density at radius 2 is 2.12 bits per heavy atom. The van der Waals surface area contributed by atoms with Crippen LogP contribution in [0, 0.1) is 5.92 Å². The minimum Gasteiger partial charge on any atom is -0.356 e. The molecular weight excluding hydrogens is 463 g/mol. The van der Waals surface area contributed by atoms with Gasteiger partial charge in [-0.2, -0.15) is 0 Å². The quantitative estimate of drug-likeness (QED) is 0.379. The maximum atomic E-state index is 11.5. The lowest BCUT2D eigenvalue weighted by Crippen LogP contribution is -2.41. The summed E-state index contributed by atoms with van der Waals surface area (Å²) in [6.07, 6.45) is 4.64. The van der Waals surface area contributed by atoms with Gasteiger partial charge in [0.25, 0.3) is 0 Å². The molecule has 9 heteroatoms. The zero-order valence-electron chi connectivity index (χ0n) is 13.2. The van der Waals surface area contributed by atoms with E-state index in [0.717, 1.165) is 30.9 Å². The summed E-state index contributed by atoms with van der Waals surface area (Å²) in [5, 5.41) is 7.23. The molecule has 1 unspecified atom stereocenters. The summed E-state index contributed by atoms with van der Waals surface area (Å²) in [6, 6.07) is 4.13. The fourth-order valence-electron chi connectivity index (χ4n) is 2.51. The summed E-state index contributed by atoms with van der Waals surface area (Å²) < 4.78 is 23.0. The minimum atomic E-state index is -2.84. The van der Waals surface area contributed by atoms with E-state index in [-0.39, 0.29) is 35.6 Å². The molecule has 1 saturated carbocycles. The van der Waals surface area contributed by atoms with Crippen LogP contribution < -0.4 is 10.6 Å². The van der Waals surface area contributed by atoms with Crippen molar-refractivity contribution in [2.75, 3.05) is 18.1 Å². The number of aromatic nitrogens is 1. The third-order valence-electron chi connectivity index (χ3n) is 3.99. The Morgan fingerprint density at radius 1 is 1.33 bits per heavy atom. The van der Waals surface area contributed by atoms with Crippen LogP contribution in [0.1, 0.15) is 25.0 Å². The highest BCUT2D eigenvalue weighted by atomic mass is 127.